The van der Waals surface area contributed by atoms with Gasteiger partial charge in [-0.05, 0) is 97.2 Å². The molecule has 2 amide bonds. The van der Waals surface area contributed by atoms with Crippen molar-refractivity contribution in [2.45, 2.75) is 129 Å². The van der Waals surface area contributed by atoms with Gasteiger partial charge in [-0.2, -0.15) is 0 Å². The SMILES string of the molecule is CC(C)C(OC(=O)N(C)C)C1C[C@@H](C)[C@H]2C(O1)[C@H](O)[C@@]1(N)C3CC[C@H]4C(C)(C)C(OC(N)=O)CCC45CC35CCC21C. The van der Waals surface area contributed by atoms with Gasteiger partial charge in [-0.1, -0.05) is 41.5 Å². The first-order chi connectivity index (χ1) is 19.5. The van der Waals surface area contributed by atoms with Crippen molar-refractivity contribution < 1.29 is 28.9 Å². The second-order valence-corrected chi connectivity index (χ2v) is 16.6. The minimum Gasteiger partial charge on any atom is -0.446 e. The Hall–Kier alpha value is -1.58. The Morgan fingerprint density at radius 3 is 2.29 bits per heavy atom. The van der Waals surface area contributed by atoms with E-state index in [9.17, 15) is 14.7 Å². The van der Waals surface area contributed by atoms with Crippen LogP contribution in [0.3, 0.4) is 0 Å². The summed E-state index contributed by atoms with van der Waals surface area (Å²) in [6, 6.07) is 0. The molecule has 5 saturated carbocycles. The molecule has 9 heteroatoms. The number of carbonyl (C=O) groups is 2. The number of carbonyl (C=O) groups excluding carboxylic acids is 2. The quantitative estimate of drug-likeness (QED) is 0.433. The highest BCUT2D eigenvalue weighted by Gasteiger charge is 2.85. The molecule has 6 fully saturated rings. The molecular formula is C33H55N3O6. The van der Waals surface area contributed by atoms with Gasteiger partial charge in [0.25, 0.3) is 0 Å². The minimum atomic E-state index is -0.783. The molecule has 13 atom stereocenters. The van der Waals surface area contributed by atoms with Crippen LogP contribution in [0.2, 0.25) is 0 Å². The van der Waals surface area contributed by atoms with Crippen LogP contribution in [0.4, 0.5) is 9.59 Å². The van der Waals surface area contributed by atoms with E-state index in [1.165, 1.54) is 4.90 Å². The van der Waals surface area contributed by atoms with E-state index in [-0.39, 0.29) is 69.7 Å². The summed E-state index contributed by atoms with van der Waals surface area (Å²) in [5.74, 6) is 1.15. The molecule has 5 aliphatic carbocycles. The van der Waals surface area contributed by atoms with Gasteiger partial charge < -0.3 is 35.7 Å². The van der Waals surface area contributed by atoms with Crippen molar-refractivity contribution in [3.8, 4) is 0 Å². The average molecular weight is 590 g/mol. The van der Waals surface area contributed by atoms with Crippen molar-refractivity contribution in [3.63, 3.8) is 0 Å². The van der Waals surface area contributed by atoms with E-state index in [2.05, 4.69) is 41.5 Å². The van der Waals surface area contributed by atoms with Crippen LogP contribution in [0.1, 0.15) is 92.9 Å². The molecule has 1 heterocycles. The van der Waals surface area contributed by atoms with Crippen molar-refractivity contribution in [3.05, 3.63) is 0 Å². The summed E-state index contributed by atoms with van der Waals surface area (Å²) < 4.78 is 18.4. The molecule has 238 valence electrons. The number of hydrogen-bond acceptors (Lipinski definition) is 7. The van der Waals surface area contributed by atoms with Gasteiger partial charge in [0.2, 0.25) is 0 Å². The van der Waals surface area contributed by atoms with Crippen molar-refractivity contribution in [2.24, 2.45) is 62.7 Å². The van der Waals surface area contributed by atoms with Crippen LogP contribution in [0, 0.1) is 51.2 Å². The van der Waals surface area contributed by atoms with Crippen molar-refractivity contribution in [1.82, 2.24) is 4.90 Å². The maximum Gasteiger partial charge on any atom is 0.409 e. The summed E-state index contributed by atoms with van der Waals surface area (Å²) in [6.45, 7) is 13.2. The zero-order valence-electron chi connectivity index (χ0n) is 27.0. The molecule has 9 nitrogen and oxygen atoms in total. The van der Waals surface area contributed by atoms with Crippen molar-refractivity contribution in [2.75, 3.05) is 14.1 Å². The number of rotatable bonds is 4. The van der Waals surface area contributed by atoms with E-state index in [0.29, 0.717) is 5.92 Å². The highest BCUT2D eigenvalue weighted by atomic mass is 16.6. The molecule has 1 saturated heterocycles. The van der Waals surface area contributed by atoms with E-state index >= 15 is 0 Å². The third-order valence-corrected chi connectivity index (χ3v) is 14.1. The van der Waals surface area contributed by atoms with Gasteiger partial charge in [-0.3, -0.25) is 0 Å². The van der Waals surface area contributed by atoms with Crippen molar-refractivity contribution >= 4 is 12.2 Å². The number of primary amides is 1. The molecule has 0 aromatic carbocycles. The van der Waals surface area contributed by atoms with Crippen LogP contribution in [0.25, 0.3) is 0 Å². The Kier molecular flexibility index (Phi) is 6.86. The minimum absolute atomic E-state index is 0.0767. The highest BCUT2D eigenvalue weighted by molar-refractivity contribution is 5.67. The summed E-state index contributed by atoms with van der Waals surface area (Å²) in [5.41, 5.74) is 12.3. The first kappa shape index (κ1) is 30.4. The van der Waals surface area contributed by atoms with Gasteiger partial charge in [0.1, 0.15) is 12.2 Å². The summed E-state index contributed by atoms with van der Waals surface area (Å²) in [5, 5.41) is 12.3. The fourth-order valence-electron chi connectivity index (χ4n) is 12.4. The summed E-state index contributed by atoms with van der Waals surface area (Å²) in [6.07, 6.45) is 4.80. The first-order valence-electron chi connectivity index (χ1n) is 16.4. The standard InChI is InChI=1S/C33H55N3O6/c1-17(2)24(42-28(39)36(7)8)19-15-18(3)23-25(40-19)26(37)33(35)21-10-9-20-29(4,5)22(41-27(34)38)11-12-31(20)16-32(21,31)14-13-30(23,33)6/h17-26,37H,9-16,35H2,1-8H3,(H2,34,38)/t18-,19?,20+,21?,22?,23+,24?,25?,26+,30?,31?,32?,33+/m1/s1. The third kappa shape index (κ3) is 3.71. The topological polar surface area (TPSA) is 137 Å². The predicted octanol–water partition coefficient (Wildman–Crippen LogP) is 4.68. The smallest absolute Gasteiger partial charge is 0.409 e. The fourth-order valence-corrected chi connectivity index (χ4v) is 12.4. The number of aliphatic hydroxyl groups excluding tert-OH is 1. The molecule has 0 aromatic rings. The van der Waals surface area contributed by atoms with E-state index in [1.54, 1.807) is 14.1 Å². The zero-order valence-corrected chi connectivity index (χ0v) is 27.0. The molecule has 8 unspecified atom stereocenters. The molecule has 6 rings (SSSR count). The monoisotopic (exact) mass is 589 g/mol. The second kappa shape index (κ2) is 9.46. The molecule has 2 spiro atoms. The predicted molar refractivity (Wildman–Crippen MR) is 158 cm³/mol. The van der Waals surface area contributed by atoms with Crippen LogP contribution in [0.15, 0.2) is 0 Å². The van der Waals surface area contributed by atoms with Crippen LogP contribution in [0.5, 0.6) is 0 Å². The average Bonchev–Trinajstić information content (AvgIpc) is 3.53. The Morgan fingerprint density at radius 2 is 1.67 bits per heavy atom. The van der Waals surface area contributed by atoms with Crippen LogP contribution in [-0.2, 0) is 14.2 Å². The lowest BCUT2D eigenvalue weighted by Gasteiger charge is -2.63. The van der Waals surface area contributed by atoms with Gasteiger partial charge in [0.15, 0.2) is 0 Å². The lowest BCUT2D eigenvalue weighted by atomic mass is 9.43. The Balaban J connectivity index is 1.30. The molecule has 6 aliphatic rings. The number of amides is 2. The maximum absolute atomic E-state index is 12.6. The molecule has 0 radical (unpaired) electrons. The number of nitrogens with two attached hydrogens (primary N) is 2. The second-order valence-electron chi connectivity index (χ2n) is 16.6. The third-order valence-electron chi connectivity index (χ3n) is 14.1. The van der Waals surface area contributed by atoms with Gasteiger partial charge in [0.05, 0.1) is 23.9 Å². The summed E-state index contributed by atoms with van der Waals surface area (Å²) >= 11 is 0. The Labute approximate surface area is 251 Å². The normalized spacial score (nSPS) is 50.7. The molecule has 5 N–H and O–H groups in total. The Bertz CT molecular complexity index is 1130. The molecule has 1 aliphatic heterocycles. The Morgan fingerprint density at radius 1 is 1.02 bits per heavy atom. The van der Waals surface area contributed by atoms with Gasteiger partial charge >= 0.3 is 12.2 Å². The van der Waals surface area contributed by atoms with Crippen molar-refractivity contribution in [1.29, 1.82) is 0 Å². The molecular weight excluding hydrogens is 534 g/mol. The fraction of sp³-hybridized carbons (Fsp3) is 0.939. The van der Waals surface area contributed by atoms with Gasteiger partial charge in [-0.15, -0.1) is 0 Å². The largest absolute Gasteiger partial charge is 0.446 e. The maximum atomic E-state index is 12.6. The van der Waals surface area contributed by atoms with Crippen LogP contribution < -0.4 is 11.5 Å². The van der Waals surface area contributed by atoms with E-state index < -0.39 is 23.8 Å². The molecule has 42 heavy (non-hydrogen) atoms. The lowest BCUT2D eigenvalue weighted by molar-refractivity contribution is -0.179. The number of fused-ring (bicyclic) bond motifs is 4. The summed E-state index contributed by atoms with van der Waals surface area (Å²) in [4.78, 5) is 25.7. The lowest BCUT2D eigenvalue weighted by Crippen LogP contribution is -2.70. The number of hydrogen-bond donors (Lipinski definition) is 3. The van der Waals surface area contributed by atoms with Gasteiger partial charge in [-0.25, -0.2) is 9.59 Å². The summed E-state index contributed by atoms with van der Waals surface area (Å²) in [7, 11) is 3.39. The van der Waals surface area contributed by atoms with Gasteiger partial charge in [0, 0.05) is 19.5 Å². The number of aliphatic hydroxyl groups is 1. The zero-order chi connectivity index (χ0) is 30.8. The van der Waals surface area contributed by atoms with Crippen LogP contribution >= 0.6 is 0 Å². The molecule has 0 bridgehead atoms. The van der Waals surface area contributed by atoms with E-state index in [4.69, 9.17) is 25.7 Å². The van der Waals surface area contributed by atoms with Crippen LogP contribution in [-0.4, -0.2) is 72.3 Å². The number of nitrogens with zero attached hydrogens (tertiary/aromatic N) is 1. The molecule has 0 aromatic heterocycles. The number of ether oxygens (including phenoxy) is 3. The highest BCUT2D eigenvalue weighted by Crippen LogP contribution is 2.87. The first-order valence-corrected chi connectivity index (χ1v) is 16.4. The van der Waals surface area contributed by atoms with E-state index in [0.717, 1.165) is 51.4 Å². The van der Waals surface area contributed by atoms with E-state index in [1.807, 2.05) is 0 Å².